The van der Waals surface area contributed by atoms with Crippen molar-refractivity contribution in [2.24, 2.45) is 7.05 Å². The number of hydrogen-bond acceptors (Lipinski definition) is 4. The summed E-state index contributed by atoms with van der Waals surface area (Å²) in [6.07, 6.45) is 3.50. The van der Waals surface area contributed by atoms with Gasteiger partial charge in [0.15, 0.2) is 0 Å². The normalized spacial score (nSPS) is 10.2. The smallest absolute Gasteiger partial charge is 0.270 e. The van der Waals surface area contributed by atoms with Crippen molar-refractivity contribution in [3.63, 3.8) is 0 Å². The van der Waals surface area contributed by atoms with Gasteiger partial charge in [0, 0.05) is 19.4 Å². The number of amides is 1. The molecule has 0 unspecified atom stereocenters. The van der Waals surface area contributed by atoms with Crippen LogP contribution in [0.3, 0.4) is 0 Å². The van der Waals surface area contributed by atoms with Crippen molar-refractivity contribution in [1.82, 2.24) is 19.9 Å². The molecular weight excluding hydrogens is 218 g/mol. The molecule has 2 aromatic rings. The third-order valence-electron chi connectivity index (χ3n) is 2.33. The molecule has 0 atom stereocenters. The van der Waals surface area contributed by atoms with Gasteiger partial charge in [-0.3, -0.25) is 4.79 Å². The van der Waals surface area contributed by atoms with Crippen LogP contribution in [-0.4, -0.2) is 20.4 Å². The highest BCUT2D eigenvalue weighted by atomic mass is 16.1. The van der Waals surface area contributed by atoms with Gasteiger partial charge in [-0.25, -0.2) is 9.97 Å². The predicted octanol–water partition coefficient (Wildman–Crippen LogP) is 0.327. The second-order valence-electron chi connectivity index (χ2n) is 3.58. The molecule has 0 saturated heterocycles. The number of nitrogens with zero attached hydrogens (tertiary/aromatic N) is 3. The average Bonchev–Trinajstić information content (AvgIpc) is 2.72. The number of nitrogens with two attached hydrogens (primary N) is 1. The number of aryl methyl sites for hydroxylation is 1. The summed E-state index contributed by atoms with van der Waals surface area (Å²) in [5, 5.41) is 2.73. The van der Waals surface area contributed by atoms with Gasteiger partial charge < -0.3 is 15.6 Å². The molecule has 0 aliphatic carbocycles. The van der Waals surface area contributed by atoms with Crippen LogP contribution in [0.4, 0.5) is 5.82 Å². The number of carbonyl (C=O) groups excluding carboxylic acids is 1. The Morgan fingerprint density at radius 3 is 3.00 bits per heavy atom. The standard InChI is InChI=1S/C11H13N5O/c1-16-6-5-13-10(16)7-14-11(17)8-3-2-4-9(12)15-8/h2-6H,7H2,1H3,(H2,12,15)(H,14,17). The summed E-state index contributed by atoms with van der Waals surface area (Å²) in [7, 11) is 1.87. The van der Waals surface area contributed by atoms with E-state index in [4.69, 9.17) is 5.73 Å². The first-order valence-corrected chi connectivity index (χ1v) is 5.14. The lowest BCUT2D eigenvalue weighted by molar-refractivity contribution is 0.0945. The summed E-state index contributed by atoms with van der Waals surface area (Å²) in [5.74, 6) is 0.845. The minimum atomic E-state index is -0.264. The Morgan fingerprint density at radius 1 is 1.53 bits per heavy atom. The summed E-state index contributed by atoms with van der Waals surface area (Å²) < 4.78 is 1.84. The van der Waals surface area contributed by atoms with Crippen molar-refractivity contribution < 1.29 is 4.79 Å². The van der Waals surface area contributed by atoms with E-state index >= 15 is 0 Å². The SMILES string of the molecule is Cn1ccnc1CNC(=O)c1cccc(N)n1. The number of imidazole rings is 1. The first-order valence-electron chi connectivity index (χ1n) is 5.14. The Balaban J connectivity index is 2.01. The quantitative estimate of drug-likeness (QED) is 0.797. The highest BCUT2D eigenvalue weighted by molar-refractivity contribution is 5.92. The van der Waals surface area contributed by atoms with E-state index in [2.05, 4.69) is 15.3 Å². The van der Waals surface area contributed by atoms with Crippen molar-refractivity contribution in [2.75, 3.05) is 5.73 Å². The molecule has 2 aromatic heterocycles. The molecule has 0 aromatic carbocycles. The number of pyridine rings is 1. The van der Waals surface area contributed by atoms with Crippen LogP contribution in [0.2, 0.25) is 0 Å². The Hall–Kier alpha value is -2.37. The van der Waals surface area contributed by atoms with E-state index in [9.17, 15) is 4.79 Å². The highest BCUT2D eigenvalue weighted by Gasteiger charge is 2.08. The van der Waals surface area contributed by atoms with Crippen LogP contribution in [0, 0.1) is 0 Å². The van der Waals surface area contributed by atoms with E-state index in [0.717, 1.165) is 5.82 Å². The van der Waals surface area contributed by atoms with Crippen molar-refractivity contribution in [2.45, 2.75) is 6.54 Å². The fourth-order valence-corrected chi connectivity index (χ4v) is 1.39. The van der Waals surface area contributed by atoms with E-state index in [1.165, 1.54) is 0 Å². The van der Waals surface area contributed by atoms with Gasteiger partial charge in [-0.05, 0) is 12.1 Å². The van der Waals surface area contributed by atoms with Crippen LogP contribution >= 0.6 is 0 Å². The number of aromatic nitrogens is 3. The van der Waals surface area contributed by atoms with Crippen LogP contribution in [0.15, 0.2) is 30.6 Å². The van der Waals surface area contributed by atoms with E-state index in [-0.39, 0.29) is 5.91 Å². The van der Waals surface area contributed by atoms with Gasteiger partial charge in [0.05, 0.1) is 6.54 Å². The topological polar surface area (TPSA) is 85.8 Å². The van der Waals surface area contributed by atoms with Crippen molar-refractivity contribution >= 4 is 11.7 Å². The van der Waals surface area contributed by atoms with Gasteiger partial charge in [0.1, 0.15) is 17.3 Å². The Labute approximate surface area is 98.5 Å². The number of nitrogen functional groups attached to an aromatic ring is 1. The number of rotatable bonds is 3. The van der Waals surface area contributed by atoms with Crippen LogP contribution in [0.25, 0.3) is 0 Å². The zero-order valence-electron chi connectivity index (χ0n) is 9.42. The molecule has 0 aliphatic heterocycles. The maximum absolute atomic E-state index is 11.7. The van der Waals surface area contributed by atoms with Gasteiger partial charge in [-0.15, -0.1) is 0 Å². The van der Waals surface area contributed by atoms with Crippen molar-refractivity contribution in [1.29, 1.82) is 0 Å². The zero-order valence-corrected chi connectivity index (χ0v) is 9.42. The van der Waals surface area contributed by atoms with Crippen molar-refractivity contribution in [3.8, 4) is 0 Å². The molecule has 0 spiro atoms. The second kappa shape index (κ2) is 4.65. The first-order chi connectivity index (χ1) is 8.16. The minimum Gasteiger partial charge on any atom is -0.384 e. The van der Waals surface area contributed by atoms with Gasteiger partial charge in [0.2, 0.25) is 0 Å². The third-order valence-corrected chi connectivity index (χ3v) is 2.33. The lowest BCUT2D eigenvalue weighted by atomic mass is 10.3. The van der Waals surface area contributed by atoms with E-state index in [1.807, 2.05) is 17.8 Å². The minimum absolute atomic E-state index is 0.264. The summed E-state index contributed by atoms with van der Waals surface area (Å²) in [4.78, 5) is 19.8. The summed E-state index contributed by atoms with van der Waals surface area (Å²) >= 11 is 0. The molecule has 0 aliphatic rings. The van der Waals surface area contributed by atoms with Gasteiger partial charge in [0.25, 0.3) is 5.91 Å². The molecule has 6 nitrogen and oxygen atoms in total. The molecule has 3 N–H and O–H groups in total. The van der Waals surface area contributed by atoms with E-state index in [1.54, 1.807) is 24.4 Å². The molecule has 2 heterocycles. The number of nitrogens with one attached hydrogen (secondary N) is 1. The number of carbonyl (C=O) groups is 1. The van der Waals surface area contributed by atoms with Gasteiger partial charge in [-0.2, -0.15) is 0 Å². The molecule has 0 saturated carbocycles. The van der Waals surface area contributed by atoms with Crippen molar-refractivity contribution in [3.05, 3.63) is 42.1 Å². The maximum atomic E-state index is 11.7. The van der Waals surface area contributed by atoms with Crippen LogP contribution < -0.4 is 11.1 Å². The highest BCUT2D eigenvalue weighted by Crippen LogP contribution is 2.01. The van der Waals surface area contributed by atoms with Gasteiger partial charge in [-0.1, -0.05) is 6.07 Å². The molecular formula is C11H13N5O. The molecule has 1 amide bonds. The summed E-state index contributed by atoms with van der Waals surface area (Å²) in [5.41, 5.74) is 5.81. The average molecular weight is 231 g/mol. The first kappa shape index (κ1) is 11.1. The lowest BCUT2D eigenvalue weighted by Crippen LogP contribution is -2.25. The predicted molar refractivity (Wildman–Crippen MR) is 63.0 cm³/mol. The summed E-state index contributed by atoms with van der Waals surface area (Å²) in [6, 6.07) is 4.94. The number of anilines is 1. The zero-order chi connectivity index (χ0) is 12.3. The Bertz CT molecular complexity index is 534. The second-order valence-corrected chi connectivity index (χ2v) is 3.58. The van der Waals surface area contributed by atoms with Crippen LogP contribution in [-0.2, 0) is 13.6 Å². The fraction of sp³-hybridized carbons (Fsp3) is 0.182. The molecule has 0 fully saturated rings. The maximum Gasteiger partial charge on any atom is 0.270 e. The van der Waals surface area contributed by atoms with Gasteiger partial charge >= 0.3 is 0 Å². The summed E-state index contributed by atoms with van der Waals surface area (Å²) in [6.45, 7) is 0.360. The van der Waals surface area contributed by atoms with Crippen LogP contribution in [0.1, 0.15) is 16.3 Å². The van der Waals surface area contributed by atoms with E-state index < -0.39 is 0 Å². The molecule has 2 rings (SSSR count). The number of hydrogen-bond donors (Lipinski definition) is 2. The molecule has 17 heavy (non-hydrogen) atoms. The molecule has 0 bridgehead atoms. The monoisotopic (exact) mass is 231 g/mol. The third kappa shape index (κ3) is 2.60. The Kier molecular flexibility index (Phi) is 3.04. The largest absolute Gasteiger partial charge is 0.384 e. The molecule has 6 heteroatoms. The molecule has 0 radical (unpaired) electrons. The van der Waals surface area contributed by atoms with E-state index in [0.29, 0.717) is 18.1 Å². The molecule has 88 valence electrons. The van der Waals surface area contributed by atoms with Crippen LogP contribution in [0.5, 0.6) is 0 Å². The fourth-order valence-electron chi connectivity index (χ4n) is 1.39. The lowest BCUT2D eigenvalue weighted by Gasteiger charge is -2.05. The Morgan fingerprint density at radius 2 is 2.35 bits per heavy atom.